The fraction of sp³-hybridized carbons (Fsp3) is 0.500. The quantitative estimate of drug-likeness (QED) is 0.702. The molecule has 1 saturated heterocycles. The van der Waals surface area contributed by atoms with Crippen molar-refractivity contribution in [2.24, 2.45) is 5.73 Å². The Morgan fingerprint density at radius 3 is 2.86 bits per heavy atom. The lowest BCUT2D eigenvalue weighted by atomic mass is 9.84. The van der Waals surface area contributed by atoms with Crippen LogP contribution >= 0.6 is 0 Å². The van der Waals surface area contributed by atoms with E-state index in [1.807, 2.05) is 0 Å². The van der Waals surface area contributed by atoms with Gasteiger partial charge < -0.3 is 11.1 Å². The van der Waals surface area contributed by atoms with E-state index < -0.39 is 0 Å². The zero-order valence-corrected chi connectivity index (χ0v) is 8.88. The molecule has 1 fully saturated rings. The smallest absolute Gasteiger partial charge is 0.0333 e. The number of benzene rings is 1. The highest BCUT2D eigenvalue weighted by Crippen LogP contribution is 2.29. The van der Waals surface area contributed by atoms with Gasteiger partial charge in [-0.2, -0.15) is 0 Å². The van der Waals surface area contributed by atoms with E-state index in [-0.39, 0.29) is 5.54 Å². The fourth-order valence-electron chi connectivity index (χ4n) is 2.23. The first kappa shape index (κ1) is 9.69. The molecule has 0 unspecified atom stereocenters. The van der Waals surface area contributed by atoms with Crippen LogP contribution in [0, 0.1) is 6.92 Å². The molecule has 0 saturated carbocycles. The van der Waals surface area contributed by atoms with Crippen molar-refractivity contribution in [1.82, 2.24) is 5.32 Å². The molecule has 3 N–H and O–H groups in total. The molecule has 1 heterocycles. The maximum absolute atomic E-state index is 6.24. The molecule has 0 aromatic heterocycles. The number of aryl methyl sites for hydroxylation is 1. The van der Waals surface area contributed by atoms with Crippen molar-refractivity contribution >= 4 is 0 Å². The minimum atomic E-state index is -0.103. The van der Waals surface area contributed by atoms with Crippen molar-refractivity contribution in [3.63, 3.8) is 0 Å². The minimum absolute atomic E-state index is 0.103. The second-order valence-electron chi connectivity index (χ2n) is 4.60. The van der Waals surface area contributed by atoms with Gasteiger partial charge in [0, 0.05) is 24.5 Å². The standard InChI is InChI=1S/C12H18N2/c1-9-4-3-5-10(6-9)11-7-14-8-12(11,2)13/h3-6,11,14H,7-8,13H2,1-2H3/t11-,12+/m0/s1. The molecule has 1 aromatic carbocycles. The van der Waals surface area contributed by atoms with Crippen LogP contribution in [0.4, 0.5) is 0 Å². The fourth-order valence-corrected chi connectivity index (χ4v) is 2.23. The largest absolute Gasteiger partial charge is 0.324 e. The van der Waals surface area contributed by atoms with Gasteiger partial charge in [0.1, 0.15) is 0 Å². The molecule has 1 aliphatic heterocycles. The molecule has 2 nitrogen and oxygen atoms in total. The monoisotopic (exact) mass is 190 g/mol. The van der Waals surface area contributed by atoms with Gasteiger partial charge in [-0.25, -0.2) is 0 Å². The van der Waals surface area contributed by atoms with Crippen LogP contribution in [-0.2, 0) is 0 Å². The zero-order chi connectivity index (χ0) is 10.2. The number of nitrogens with two attached hydrogens (primary N) is 1. The molecule has 0 spiro atoms. The van der Waals surface area contributed by atoms with E-state index in [2.05, 4.69) is 43.4 Å². The van der Waals surface area contributed by atoms with Gasteiger partial charge in [0.15, 0.2) is 0 Å². The molecule has 1 aliphatic rings. The van der Waals surface area contributed by atoms with Crippen LogP contribution in [0.25, 0.3) is 0 Å². The molecule has 1 aromatic rings. The summed E-state index contributed by atoms with van der Waals surface area (Å²) in [6, 6.07) is 8.65. The zero-order valence-electron chi connectivity index (χ0n) is 8.88. The molecule has 2 heteroatoms. The van der Waals surface area contributed by atoms with Gasteiger partial charge in [-0.1, -0.05) is 29.8 Å². The van der Waals surface area contributed by atoms with Crippen LogP contribution in [0.2, 0.25) is 0 Å². The molecular formula is C12H18N2. The summed E-state index contributed by atoms with van der Waals surface area (Å²) in [6.07, 6.45) is 0. The Balaban J connectivity index is 2.31. The molecule has 0 radical (unpaired) electrons. The molecule has 0 bridgehead atoms. The van der Waals surface area contributed by atoms with Crippen molar-refractivity contribution < 1.29 is 0 Å². The van der Waals surface area contributed by atoms with Gasteiger partial charge in [-0.15, -0.1) is 0 Å². The van der Waals surface area contributed by atoms with Gasteiger partial charge in [0.2, 0.25) is 0 Å². The molecule has 76 valence electrons. The lowest BCUT2D eigenvalue weighted by Gasteiger charge is -2.26. The van der Waals surface area contributed by atoms with Crippen molar-refractivity contribution in [2.75, 3.05) is 13.1 Å². The second kappa shape index (κ2) is 3.37. The van der Waals surface area contributed by atoms with Gasteiger partial charge in [0.25, 0.3) is 0 Å². The van der Waals surface area contributed by atoms with Gasteiger partial charge in [-0.3, -0.25) is 0 Å². The normalized spacial score (nSPS) is 32.1. The van der Waals surface area contributed by atoms with Gasteiger partial charge >= 0.3 is 0 Å². The Bertz CT molecular complexity index is 331. The first-order valence-electron chi connectivity index (χ1n) is 5.16. The summed E-state index contributed by atoms with van der Waals surface area (Å²) in [7, 11) is 0. The highest BCUT2D eigenvalue weighted by molar-refractivity contribution is 5.30. The van der Waals surface area contributed by atoms with Gasteiger partial charge in [-0.05, 0) is 19.4 Å². The number of hydrogen-bond acceptors (Lipinski definition) is 2. The highest BCUT2D eigenvalue weighted by Gasteiger charge is 2.35. The Hall–Kier alpha value is -0.860. The highest BCUT2D eigenvalue weighted by atomic mass is 15.0. The lowest BCUT2D eigenvalue weighted by molar-refractivity contribution is 0.462. The molecule has 0 amide bonds. The summed E-state index contributed by atoms with van der Waals surface area (Å²) < 4.78 is 0. The van der Waals surface area contributed by atoms with E-state index in [0.29, 0.717) is 5.92 Å². The SMILES string of the molecule is Cc1cccc([C@@H]2CNC[C@@]2(C)N)c1. The number of hydrogen-bond donors (Lipinski definition) is 2. The van der Waals surface area contributed by atoms with Crippen molar-refractivity contribution in [1.29, 1.82) is 0 Å². The van der Waals surface area contributed by atoms with Crippen LogP contribution in [0.3, 0.4) is 0 Å². The van der Waals surface area contributed by atoms with E-state index in [1.54, 1.807) is 0 Å². The van der Waals surface area contributed by atoms with Crippen LogP contribution < -0.4 is 11.1 Å². The van der Waals surface area contributed by atoms with Crippen LogP contribution in [0.5, 0.6) is 0 Å². The summed E-state index contributed by atoms with van der Waals surface area (Å²) in [6.45, 7) is 6.15. The number of rotatable bonds is 1. The maximum Gasteiger partial charge on any atom is 0.0333 e. The predicted molar refractivity (Wildman–Crippen MR) is 59.4 cm³/mol. The van der Waals surface area contributed by atoms with Crippen LogP contribution in [0.15, 0.2) is 24.3 Å². The Morgan fingerprint density at radius 1 is 1.50 bits per heavy atom. The Kier molecular flexibility index (Phi) is 2.33. The molecule has 2 atom stereocenters. The summed E-state index contributed by atoms with van der Waals surface area (Å²) >= 11 is 0. The first-order valence-corrected chi connectivity index (χ1v) is 5.16. The van der Waals surface area contributed by atoms with E-state index in [9.17, 15) is 0 Å². The summed E-state index contributed by atoms with van der Waals surface area (Å²) in [5.74, 6) is 0.447. The van der Waals surface area contributed by atoms with Crippen LogP contribution in [-0.4, -0.2) is 18.6 Å². The number of nitrogens with one attached hydrogen (secondary N) is 1. The van der Waals surface area contributed by atoms with E-state index >= 15 is 0 Å². The minimum Gasteiger partial charge on any atom is -0.324 e. The topological polar surface area (TPSA) is 38.0 Å². The average Bonchev–Trinajstić information content (AvgIpc) is 2.45. The second-order valence-corrected chi connectivity index (χ2v) is 4.60. The first-order chi connectivity index (χ1) is 6.59. The van der Waals surface area contributed by atoms with Crippen molar-refractivity contribution in [2.45, 2.75) is 25.3 Å². The van der Waals surface area contributed by atoms with E-state index in [1.165, 1.54) is 11.1 Å². The lowest BCUT2D eigenvalue weighted by Crippen LogP contribution is -2.42. The molecule has 0 aliphatic carbocycles. The van der Waals surface area contributed by atoms with Gasteiger partial charge in [0.05, 0.1) is 0 Å². The summed E-state index contributed by atoms with van der Waals surface area (Å²) in [5.41, 5.74) is 8.81. The molecule has 2 rings (SSSR count). The van der Waals surface area contributed by atoms with E-state index in [4.69, 9.17) is 5.73 Å². The Morgan fingerprint density at radius 2 is 2.29 bits per heavy atom. The third-order valence-electron chi connectivity index (χ3n) is 3.09. The van der Waals surface area contributed by atoms with Crippen molar-refractivity contribution in [3.05, 3.63) is 35.4 Å². The third kappa shape index (κ3) is 1.68. The summed E-state index contributed by atoms with van der Waals surface area (Å²) in [5, 5.41) is 3.36. The molecular weight excluding hydrogens is 172 g/mol. The average molecular weight is 190 g/mol. The van der Waals surface area contributed by atoms with E-state index in [0.717, 1.165) is 13.1 Å². The van der Waals surface area contributed by atoms with Crippen LogP contribution in [0.1, 0.15) is 24.0 Å². The third-order valence-corrected chi connectivity index (χ3v) is 3.09. The van der Waals surface area contributed by atoms with Crippen molar-refractivity contribution in [3.8, 4) is 0 Å². The summed E-state index contributed by atoms with van der Waals surface area (Å²) in [4.78, 5) is 0. The predicted octanol–water partition coefficient (Wildman–Crippen LogP) is 1.40. The maximum atomic E-state index is 6.24. The Labute approximate surface area is 85.5 Å². The molecule has 14 heavy (non-hydrogen) atoms.